The van der Waals surface area contributed by atoms with Crippen molar-refractivity contribution in [3.8, 4) is 0 Å². The Morgan fingerprint density at radius 3 is 2.31 bits per heavy atom. The number of aryl methyl sites for hydroxylation is 1. The highest BCUT2D eigenvalue weighted by atomic mass is 32.1. The first-order valence-corrected chi connectivity index (χ1v) is 6.78. The third-order valence-electron chi connectivity index (χ3n) is 2.50. The van der Waals surface area contributed by atoms with Gasteiger partial charge in [0.15, 0.2) is 0 Å². The van der Waals surface area contributed by atoms with Gasteiger partial charge in [-0.05, 0) is 38.9 Å². The second-order valence-corrected chi connectivity index (χ2v) is 6.09. The maximum Gasteiger partial charge on any atom is 0.0718 e. The van der Waals surface area contributed by atoms with E-state index in [1.54, 1.807) is 0 Å². The average molecular weight is 241 g/mol. The van der Waals surface area contributed by atoms with Gasteiger partial charge in [-0.1, -0.05) is 13.8 Å². The Labute approximate surface area is 103 Å². The van der Waals surface area contributed by atoms with Gasteiger partial charge < -0.3 is 5.11 Å². The zero-order chi connectivity index (χ0) is 12.2. The summed E-state index contributed by atoms with van der Waals surface area (Å²) in [5.74, 6) is 0. The van der Waals surface area contributed by atoms with Crippen molar-refractivity contribution >= 4 is 11.3 Å². The van der Waals surface area contributed by atoms with Crippen LogP contribution in [0.2, 0.25) is 0 Å². The van der Waals surface area contributed by atoms with E-state index in [9.17, 15) is 5.11 Å². The fraction of sp³-hybridized carbons (Fsp3) is 0.692. The van der Waals surface area contributed by atoms with Crippen LogP contribution in [-0.4, -0.2) is 28.7 Å². The summed E-state index contributed by atoms with van der Waals surface area (Å²) in [6.45, 7) is 10.7. The third kappa shape index (κ3) is 4.64. The molecule has 0 saturated heterocycles. The number of nitrogens with zero attached hydrogens (tertiary/aromatic N) is 1. The molecule has 1 heterocycles. The smallest absolute Gasteiger partial charge is 0.0718 e. The summed E-state index contributed by atoms with van der Waals surface area (Å²) in [6, 6.07) is 4.41. The SMILES string of the molecule is CCc1ccc(CN(CC)CC(C)(C)O)s1. The molecule has 0 amide bonds. The van der Waals surface area contributed by atoms with E-state index >= 15 is 0 Å². The van der Waals surface area contributed by atoms with Gasteiger partial charge in [0.2, 0.25) is 0 Å². The van der Waals surface area contributed by atoms with Crippen molar-refractivity contribution in [1.82, 2.24) is 4.90 Å². The molecule has 3 heteroatoms. The molecule has 92 valence electrons. The van der Waals surface area contributed by atoms with Gasteiger partial charge in [-0.3, -0.25) is 4.90 Å². The van der Waals surface area contributed by atoms with Crippen LogP contribution in [0.25, 0.3) is 0 Å². The molecule has 1 aromatic rings. The average Bonchev–Trinajstić information content (AvgIpc) is 2.62. The lowest BCUT2D eigenvalue weighted by Crippen LogP contribution is -2.37. The predicted octanol–water partition coefficient (Wildman–Crippen LogP) is 2.90. The van der Waals surface area contributed by atoms with Crippen molar-refractivity contribution in [3.05, 3.63) is 21.9 Å². The van der Waals surface area contributed by atoms with Crippen LogP contribution >= 0.6 is 11.3 Å². The van der Waals surface area contributed by atoms with E-state index in [0.29, 0.717) is 0 Å². The maximum atomic E-state index is 9.81. The van der Waals surface area contributed by atoms with Crippen molar-refractivity contribution < 1.29 is 5.11 Å². The van der Waals surface area contributed by atoms with Gasteiger partial charge in [-0.2, -0.15) is 0 Å². The number of hydrogen-bond donors (Lipinski definition) is 1. The molecular formula is C13H23NOS. The molecule has 0 aliphatic rings. The van der Waals surface area contributed by atoms with E-state index in [4.69, 9.17) is 0 Å². The van der Waals surface area contributed by atoms with E-state index in [-0.39, 0.29) is 0 Å². The summed E-state index contributed by atoms with van der Waals surface area (Å²) in [4.78, 5) is 5.11. The molecule has 16 heavy (non-hydrogen) atoms. The Morgan fingerprint density at radius 1 is 1.25 bits per heavy atom. The van der Waals surface area contributed by atoms with Crippen LogP contribution in [0.4, 0.5) is 0 Å². The van der Waals surface area contributed by atoms with Crippen molar-refractivity contribution in [1.29, 1.82) is 0 Å². The molecule has 0 bridgehead atoms. The molecule has 0 aliphatic heterocycles. The lowest BCUT2D eigenvalue weighted by Gasteiger charge is -2.27. The Bertz CT molecular complexity index is 314. The highest BCUT2D eigenvalue weighted by Gasteiger charge is 2.17. The lowest BCUT2D eigenvalue weighted by molar-refractivity contribution is 0.0356. The van der Waals surface area contributed by atoms with Crippen LogP contribution in [0.3, 0.4) is 0 Å². The Balaban J connectivity index is 2.56. The van der Waals surface area contributed by atoms with E-state index in [1.165, 1.54) is 9.75 Å². The molecule has 1 aromatic heterocycles. The minimum Gasteiger partial charge on any atom is -0.389 e. The third-order valence-corrected chi connectivity index (χ3v) is 3.72. The normalized spacial score (nSPS) is 12.4. The molecule has 0 aromatic carbocycles. The monoisotopic (exact) mass is 241 g/mol. The number of rotatable bonds is 6. The summed E-state index contributed by atoms with van der Waals surface area (Å²) < 4.78 is 0. The number of hydrogen-bond acceptors (Lipinski definition) is 3. The quantitative estimate of drug-likeness (QED) is 0.828. The molecule has 1 N–H and O–H groups in total. The van der Waals surface area contributed by atoms with Crippen LogP contribution in [-0.2, 0) is 13.0 Å². The standard InChI is InChI=1S/C13H23NOS/c1-5-11-7-8-12(16-11)9-14(6-2)10-13(3,4)15/h7-8,15H,5-6,9-10H2,1-4H3. The van der Waals surface area contributed by atoms with E-state index in [0.717, 1.165) is 26.1 Å². The Kier molecular flexibility index (Phi) is 4.96. The molecule has 0 atom stereocenters. The first kappa shape index (κ1) is 13.7. The maximum absolute atomic E-state index is 9.81. The van der Waals surface area contributed by atoms with Crippen LogP contribution < -0.4 is 0 Å². The largest absolute Gasteiger partial charge is 0.389 e. The molecule has 0 fully saturated rings. The predicted molar refractivity (Wildman–Crippen MR) is 70.9 cm³/mol. The summed E-state index contributed by atoms with van der Waals surface area (Å²) >= 11 is 1.88. The molecule has 0 saturated carbocycles. The minimum atomic E-state index is -0.610. The van der Waals surface area contributed by atoms with Gasteiger partial charge >= 0.3 is 0 Å². The fourth-order valence-corrected chi connectivity index (χ4v) is 2.74. The van der Waals surface area contributed by atoms with Gasteiger partial charge in [-0.25, -0.2) is 0 Å². The van der Waals surface area contributed by atoms with Gasteiger partial charge in [0.1, 0.15) is 0 Å². The number of likely N-dealkylation sites (N-methyl/N-ethyl adjacent to an activating group) is 1. The highest BCUT2D eigenvalue weighted by molar-refractivity contribution is 7.11. The van der Waals surface area contributed by atoms with E-state index in [2.05, 4.69) is 30.9 Å². The molecule has 0 radical (unpaired) electrons. The number of thiophene rings is 1. The van der Waals surface area contributed by atoms with Gasteiger partial charge in [-0.15, -0.1) is 11.3 Å². The second kappa shape index (κ2) is 5.80. The molecule has 1 rings (SSSR count). The zero-order valence-electron chi connectivity index (χ0n) is 10.8. The van der Waals surface area contributed by atoms with Gasteiger partial charge in [0.25, 0.3) is 0 Å². The molecule has 2 nitrogen and oxygen atoms in total. The summed E-state index contributed by atoms with van der Waals surface area (Å²) in [6.07, 6.45) is 1.11. The second-order valence-electron chi connectivity index (χ2n) is 4.84. The van der Waals surface area contributed by atoms with Gasteiger partial charge in [0, 0.05) is 22.8 Å². The zero-order valence-corrected chi connectivity index (χ0v) is 11.6. The van der Waals surface area contributed by atoms with Crippen molar-refractivity contribution in [2.45, 2.75) is 46.3 Å². The first-order valence-electron chi connectivity index (χ1n) is 5.97. The van der Waals surface area contributed by atoms with Crippen LogP contribution in [0, 0.1) is 0 Å². The molecule has 0 aliphatic carbocycles. The van der Waals surface area contributed by atoms with Gasteiger partial charge in [0.05, 0.1) is 5.60 Å². The Morgan fingerprint density at radius 2 is 1.88 bits per heavy atom. The van der Waals surface area contributed by atoms with Crippen molar-refractivity contribution in [2.24, 2.45) is 0 Å². The van der Waals surface area contributed by atoms with E-state index < -0.39 is 5.60 Å². The van der Waals surface area contributed by atoms with Crippen LogP contribution in [0.5, 0.6) is 0 Å². The first-order chi connectivity index (χ1) is 7.44. The highest BCUT2D eigenvalue weighted by Crippen LogP contribution is 2.19. The summed E-state index contributed by atoms with van der Waals surface area (Å²) in [7, 11) is 0. The van der Waals surface area contributed by atoms with Crippen LogP contribution in [0.15, 0.2) is 12.1 Å². The lowest BCUT2D eigenvalue weighted by atomic mass is 10.1. The summed E-state index contributed by atoms with van der Waals surface area (Å²) in [5.41, 5.74) is -0.610. The molecule has 0 spiro atoms. The minimum absolute atomic E-state index is 0.610. The number of aliphatic hydroxyl groups is 1. The topological polar surface area (TPSA) is 23.5 Å². The van der Waals surface area contributed by atoms with Crippen molar-refractivity contribution in [2.75, 3.05) is 13.1 Å². The van der Waals surface area contributed by atoms with E-state index in [1.807, 2.05) is 25.2 Å². The summed E-state index contributed by atoms with van der Waals surface area (Å²) in [5, 5.41) is 9.81. The molecular weight excluding hydrogens is 218 g/mol. The fourth-order valence-electron chi connectivity index (χ4n) is 1.74. The van der Waals surface area contributed by atoms with Crippen molar-refractivity contribution in [3.63, 3.8) is 0 Å². The van der Waals surface area contributed by atoms with Crippen LogP contribution in [0.1, 0.15) is 37.4 Å². The Hall–Kier alpha value is -0.380. The molecule has 0 unspecified atom stereocenters.